The number of anilines is 1. The third-order valence-electron chi connectivity index (χ3n) is 2.62. The summed E-state index contributed by atoms with van der Waals surface area (Å²) >= 11 is 3.49. The van der Waals surface area contributed by atoms with Gasteiger partial charge in [-0.15, -0.1) is 0 Å². The molecule has 0 atom stereocenters. The minimum atomic E-state index is -0.600. The van der Waals surface area contributed by atoms with Crippen LogP contribution in [0.25, 0.3) is 0 Å². The zero-order valence-electron chi connectivity index (χ0n) is 9.77. The van der Waals surface area contributed by atoms with Crippen LogP contribution in [0.15, 0.2) is 4.47 Å². The Hall–Kier alpha value is -1.23. The fraction of sp³-hybridized carbons (Fsp3) is 0.364. The smallest absolute Gasteiger partial charge is 0.316 e. The lowest BCUT2D eigenvalue weighted by Crippen LogP contribution is -2.21. The monoisotopic (exact) mass is 286 g/mol. The Morgan fingerprint density at radius 2 is 1.81 bits per heavy atom. The third-order valence-corrected chi connectivity index (χ3v) is 3.81. The number of amides is 2. The second kappa shape index (κ2) is 4.74. The van der Waals surface area contributed by atoms with Crippen molar-refractivity contribution in [2.24, 2.45) is 5.73 Å². The molecule has 1 rings (SSSR count). The molecule has 3 N–H and O–H groups in total. The summed E-state index contributed by atoms with van der Waals surface area (Å²) in [6, 6.07) is -0.600. The van der Waals surface area contributed by atoms with Crippen LogP contribution in [0.1, 0.15) is 16.7 Å². The number of urea groups is 1. The number of methoxy groups -OCH3 is 1. The highest BCUT2D eigenvalue weighted by atomic mass is 79.9. The number of nitrogens with two attached hydrogens (primary N) is 1. The van der Waals surface area contributed by atoms with Crippen LogP contribution in [0.3, 0.4) is 0 Å². The van der Waals surface area contributed by atoms with Crippen molar-refractivity contribution >= 4 is 27.6 Å². The van der Waals surface area contributed by atoms with Gasteiger partial charge in [-0.05, 0) is 37.5 Å². The van der Waals surface area contributed by atoms with Gasteiger partial charge in [0.1, 0.15) is 5.75 Å². The molecule has 16 heavy (non-hydrogen) atoms. The number of halogens is 1. The van der Waals surface area contributed by atoms with Crippen LogP contribution in [-0.4, -0.2) is 13.1 Å². The van der Waals surface area contributed by atoms with Crippen molar-refractivity contribution in [3.8, 4) is 5.75 Å². The molecule has 0 heterocycles. The van der Waals surface area contributed by atoms with E-state index >= 15 is 0 Å². The molecular formula is C11H15BrN2O2. The third kappa shape index (κ3) is 2.14. The maximum atomic E-state index is 10.9. The lowest BCUT2D eigenvalue weighted by molar-refractivity contribution is 0.259. The minimum absolute atomic E-state index is 0.600. The lowest BCUT2D eigenvalue weighted by atomic mass is 10.0. The fourth-order valence-electron chi connectivity index (χ4n) is 1.61. The van der Waals surface area contributed by atoms with E-state index in [0.29, 0.717) is 11.4 Å². The Morgan fingerprint density at radius 1 is 1.25 bits per heavy atom. The van der Waals surface area contributed by atoms with E-state index in [4.69, 9.17) is 10.5 Å². The first-order valence-electron chi connectivity index (χ1n) is 4.79. The molecule has 0 saturated heterocycles. The van der Waals surface area contributed by atoms with E-state index in [1.807, 2.05) is 20.8 Å². The molecule has 5 heteroatoms. The molecule has 1 aromatic carbocycles. The van der Waals surface area contributed by atoms with E-state index in [1.54, 1.807) is 7.11 Å². The molecule has 88 valence electrons. The summed E-state index contributed by atoms with van der Waals surface area (Å²) in [4.78, 5) is 10.9. The van der Waals surface area contributed by atoms with Crippen molar-refractivity contribution in [2.75, 3.05) is 12.4 Å². The molecule has 0 saturated carbocycles. The van der Waals surface area contributed by atoms with Gasteiger partial charge in [0.15, 0.2) is 0 Å². The number of hydrogen-bond acceptors (Lipinski definition) is 2. The molecular weight excluding hydrogens is 272 g/mol. The summed E-state index contributed by atoms with van der Waals surface area (Å²) in [7, 11) is 1.57. The largest absolute Gasteiger partial charge is 0.494 e. The van der Waals surface area contributed by atoms with Crippen molar-refractivity contribution in [2.45, 2.75) is 20.8 Å². The van der Waals surface area contributed by atoms with Gasteiger partial charge in [-0.2, -0.15) is 0 Å². The maximum absolute atomic E-state index is 10.9. The highest BCUT2D eigenvalue weighted by Gasteiger charge is 2.17. The SMILES string of the molecule is COc1c(C)c(C)c(Br)c(C)c1NC(N)=O. The molecule has 0 fully saturated rings. The van der Waals surface area contributed by atoms with Crippen molar-refractivity contribution < 1.29 is 9.53 Å². The van der Waals surface area contributed by atoms with Gasteiger partial charge in [0, 0.05) is 4.47 Å². The van der Waals surface area contributed by atoms with Crippen molar-refractivity contribution in [1.82, 2.24) is 0 Å². The van der Waals surface area contributed by atoms with E-state index in [2.05, 4.69) is 21.2 Å². The fourth-order valence-corrected chi connectivity index (χ4v) is 2.11. The second-order valence-electron chi connectivity index (χ2n) is 3.59. The first kappa shape index (κ1) is 12.8. The first-order chi connectivity index (χ1) is 7.40. The van der Waals surface area contributed by atoms with E-state index in [-0.39, 0.29) is 0 Å². The van der Waals surface area contributed by atoms with Crippen LogP contribution in [0.2, 0.25) is 0 Å². The summed E-state index contributed by atoms with van der Waals surface area (Å²) in [5.41, 5.74) is 8.71. The molecule has 0 bridgehead atoms. The minimum Gasteiger partial charge on any atom is -0.494 e. The topological polar surface area (TPSA) is 64.3 Å². The van der Waals surface area contributed by atoms with E-state index < -0.39 is 6.03 Å². The first-order valence-corrected chi connectivity index (χ1v) is 5.59. The van der Waals surface area contributed by atoms with Gasteiger partial charge in [0.2, 0.25) is 0 Å². The standard InChI is InChI=1S/C11H15BrN2O2/c1-5-6(2)10(16-4)9(14-11(13)15)7(3)8(5)12/h1-4H3,(H3,13,14,15). The van der Waals surface area contributed by atoms with Crippen LogP contribution in [-0.2, 0) is 0 Å². The van der Waals surface area contributed by atoms with E-state index in [9.17, 15) is 4.79 Å². The van der Waals surface area contributed by atoms with Gasteiger partial charge < -0.3 is 15.8 Å². The Bertz CT molecular complexity index is 444. The summed E-state index contributed by atoms with van der Waals surface area (Å²) in [6.07, 6.45) is 0. The molecule has 4 nitrogen and oxygen atoms in total. The molecule has 0 aliphatic rings. The molecule has 0 spiro atoms. The van der Waals surface area contributed by atoms with Gasteiger partial charge in [0.25, 0.3) is 0 Å². The zero-order valence-corrected chi connectivity index (χ0v) is 11.4. The van der Waals surface area contributed by atoms with Gasteiger partial charge >= 0.3 is 6.03 Å². The molecule has 2 amide bonds. The predicted octanol–water partition coefficient (Wildman–Crippen LogP) is 2.87. The number of rotatable bonds is 2. The van der Waals surface area contributed by atoms with E-state index in [1.165, 1.54) is 0 Å². The summed E-state index contributed by atoms with van der Waals surface area (Å²) in [5, 5.41) is 2.59. The number of carbonyl (C=O) groups excluding carboxylic acids is 1. The summed E-state index contributed by atoms with van der Waals surface area (Å²) in [5.74, 6) is 0.650. The summed E-state index contributed by atoms with van der Waals surface area (Å²) < 4.78 is 6.26. The molecule has 0 aliphatic carbocycles. The van der Waals surface area contributed by atoms with Gasteiger partial charge in [-0.1, -0.05) is 15.9 Å². The number of carbonyl (C=O) groups is 1. The lowest BCUT2D eigenvalue weighted by Gasteiger charge is -2.18. The number of ether oxygens (including phenoxy) is 1. The number of nitrogens with one attached hydrogen (secondary N) is 1. The highest BCUT2D eigenvalue weighted by molar-refractivity contribution is 9.10. The Kier molecular flexibility index (Phi) is 3.80. The van der Waals surface area contributed by atoms with Crippen LogP contribution < -0.4 is 15.8 Å². The average Bonchev–Trinajstić information content (AvgIpc) is 2.23. The van der Waals surface area contributed by atoms with E-state index in [0.717, 1.165) is 21.2 Å². The van der Waals surface area contributed by atoms with Crippen molar-refractivity contribution in [1.29, 1.82) is 0 Å². The van der Waals surface area contributed by atoms with Gasteiger partial charge in [-0.3, -0.25) is 0 Å². The van der Waals surface area contributed by atoms with Gasteiger partial charge in [-0.25, -0.2) is 4.79 Å². The zero-order chi connectivity index (χ0) is 12.5. The average molecular weight is 287 g/mol. The van der Waals surface area contributed by atoms with Crippen LogP contribution in [0, 0.1) is 20.8 Å². The molecule has 0 aliphatic heterocycles. The second-order valence-corrected chi connectivity index (χ2v) is 4.38. The van der Waals surface area contributed by atoms with Crippen molar-refractivity contribution in [3.63, 3.8) is 0 Å². The Labute approximate surface area is 103 Å². The predicted molar refractivity (Wildman–Crippen MR) is 68.1 cm³/mol. The van der Waals surface area contributed by atoms with Gasteiger partial charge in [0.05, 0.1) is 12.8 Å². The molecule has 0 aromatic heterocycles. The quantitative estimate of drug-likeness (QED) is 0.878. The number of primary amides is 1. The summed E-state index contributed by atoms with van der Waals surface area (Å²) in [6.45, 7) is 5.82. The molecule has 1 aromatic rings. The number of benzene rings is 1. The van der Waals surface area contributed by atoms with Crippen LogP contribution in [0.4, 0.5) is 10.5 Å². The Balaban J connectivity index is 3.50. The molecule has 0 radical (unpaired) electrons. The maximum Gasteiger partial charge on any atom is 0.316 e. The van der Waals surface area contributed by atoms with Crippen LogP contribution >= 0.6 is 15.9 Å². The number of hydrogen-bond donors (Lipinski definition) is 2. The normalized spacial score (nSPS) is 10.1. The molecule has 0 unspecified atom stereocenters. The highest BCUT2D eigenvalue weighted by Crippen LogP contribution is 2.39. The van der Waals surface area contributed by atoms with Crippen molar-refractivity contribution in [3.05, 3.63) is 21.2 Å². The van der Waals surface area contributed by atoms with Crippen LogP contribution in [0.5, 0.6) is 5.75 Å². The Morgan fingerprint density at radius 3 is 2.25 bits per heavy atom.